The zero-order chi connectivity index (χ0) is 23.2. The number of fused-ring (bicyclic) bond motifs is 1. The van der Waals surface area contributed by atoms with Crippen molar-refractivity contribution in [3.05, 3.63) is 72.6 Å². The summed E-state index contributed by atoms with van der Waals surface area (Å²) < 4.78 is 45.7. The first-order chi connectivity index (χ1) is 15.8. The maximum atomic E-state index is 13.9. The van der Waals surface area contributed by atoms with E-state index in [2.05, 4.69) is 20.0 Å². The van der Waals surface area contributed by atoms with Crippen LogP contribution in [0.3, 0.4) is 0 Å². The molecule has 6 nitrogen and oxygen atoms in total. The number of anilines is 1. The van der Waals surface area contributed by atoms with Gasteiger partial charge in [0.15, 0.2) is 0 Å². The summed E-state index contributed by atoms with van der Waals surface area (Å²) in [5, 5.41) is 2.71. The summed E-state index contributed by atoms with van der Waals surface area (Å²) >= 11 is 4.76. The topological polar surface area (TPSA) is 69.0 Å². The lowest BCUT2D eigenvalue weighted by molar-refractivity contribution is -0.0964. The van der Waals surface area contributed by atoms with E-state index in [0.717, 1.165) is 24.6 Å². The second kappa shape index (κ2) is 8.08. The van der Waals surface area contributed by atoms with Crippen LogP contribution in [0.2, 0.25) is 0 Å². The average Bonchev–Trinajstić information content (AvgIpc) is 3.52. The maximum absolute atomic E-state index is 13.9. The number of hydrogen-bond donors (Lipinski definition) is 1. The second-order valence-corrected chi connectivity index (χ2v) is 8.13. The first kappa shape index (κ1) is 21.3. The molecule has 1 amide bonds. The minimum absolute atomic E-state index is 0.152. The van der Waals surface area contributed by atoms with E-state index >= 15 is 0 Å². The Bertz CT molecular complexity index is 1350. The van der Waals surface area contributed by atoms with Crippen LogP contribution >= 0.6 is 11.6 Å². The summed E-state index contributed by atoms with van der Waals surface area (Å²) in [4.78, 5) is 21.4. The van der Waals surface area contributed by atoms with Crippen LogP contribution in [0.25, 0.3) is 22.2 Å². The van der Waals surface area contributed by atoms with Crippen LogP contribution in [-0.2, 0) is 0 Å². The molecule has 33 heavy (non-hydrogen) atoms. The summed E-state index contributed by atoms with van der Waals surface area (Å²) in [6, 6.07) is 10.4. The number of imidazole rings is 1. The molecule has 1 aliphatic rings. The number of aromatic nitrogens is 3. The van der Waals surface area contributed by atoms with Crippen molar-refractivity contribution in [3.8, 4) is 16.9 Å². The highest BCUT2D eigenvalue weighted by atomic mass is 35.5. The molecule has 0 unspecified atom stereocenters. The normalized spacial score (nSPS) is 13.8. The predicted molar refractivity (Wildman–Crippen MR) is 117 cm³/mol. The molecule has 0 bridgehead atoms. The number of carbonyl (C=O) groups excluding carboxylic acids is 1. The van der Waals surface area contributed by atoms with Crippen LogP contribution in [0.1, 0.15) is 29.2 Å². The lowest BCUT2D eigenvalue weighted by Crippen LogP contribution is -2.16. The highest BCUT2D eigenvalue weighted by Gasteiger charge is 2.28. The Kier molecular flexibility index (Phi) is 5.20. The number of nitrogens with zero attached hydrogens (tertiary/aromatic N) is 3. The van der Waals surface area contributed by atoms with E-state index in [1.165, 1.54) is 36.5 Å². The number of amides is 1. The van der Waals surface area contributed by atoms with E-state index in [4.69, 9.17) is 11.6 Å². The Hall–Kier alpha value is -3.59. The van der Waals surface area contributed by atoms with Gasteiger partial charge in [0.25, 0.3) is 5.91 Å². The monoisotopic (exact) mass is 472 g/mol. The van der Waals surface area contributed by atoms with Gasteiger partial charge in [0, 0.05) is 46.2 Å². The van der Waals surface area contributed by atoms with Crippen molar-refractivity contribution < 1.29 is 22.7 Å². The van der Waals surface area contributed by atoms with Crippen LogP contribution in [-0.4, -0.2) is 26.0 Å². The molecule has 168 valence electrons. The highest BCUT2D eigenvalue weighted by Crippen LogP contribution is 2.40. The first-order valence-corrected chi connectivity index (χ1v) is 10.4. The van der Waals surface area contributed by atoms with E-state index in [1.54, 1.807) is 18.5 Å². The van der Waals surface area contributed by atoms with Gasteiger partial charge in [0.2, 0.25) is 0 Å². The van der Waals surface area contributed by atoms with Gasteiger partial charge in [-0.1, -0.05) is 0 Å². The number of alkyl halides is 3. The SMILES string of the molecule is O=C(Nc1ccc(OC(F)(F)Cl)cc1)c1cc(-c2cncc(F)c2)c2c(c1)ncn2C1CC1. The van der Waals surface area contributed by atoms with E-state index in [9.17, 15) is 18.0 Å². The third kappa shape index (κ3) is 4.63. The fraction of sp³-hybridized carbons (Fsp3) is 0.174. The van der Waals surface area contributed by atoms with Gasteiger partial charge >= 0.3 is 5.57 Å². The summed E-state index contributed by atoms with van der Waals surface area (Å²) in [5.74, 6) is -1.08. The minimum atomic E-state index is -3.83. The molecule has 0 radical (unpaired) electrons. The predicted octanol–water partition coefficient (Wildman–Crippen LogP) is 5.99. The Balaban J connectivity index is 1.49. The largest absolute Gasteiger partial charge is 0.487 e. The molecule has 1 saturated carbocycles. The number of hydrogen-bond acceptors (Lipinski definition) is 4. The number of carbonyl (C=O) groups is 1. The number of benzene rings is 2. The van der Waals surface area contributed by atoms with Crippen molar-refractivity contribution in [2.75, 3.05) is 5.32 Å². The Labute approximate surface area is 191 Å². The van der Waals surface area contributed by atoms with Crippen molar-refractivity contribution in [1.82, 2.24) is 14.5 Å². The maximum Gasteiger partial charge on any atom is 0.487 e. The van der Waals surface area contributed by atoms with E-state index in [0.29, 0.717) is 33.9 Å². The van der Waals surface area contributed by atoms with Crippen molar-refractivity contribution in [2.24, 2.45) is 0 Å². The quantitative estimate of drug-likeness (QED) is 0.350. The summed E-state index contributed by atoms with van der Waals surface area (Å²) in [5.41, 5.74) is -0.584. The lowest BCUT2D eigenvalue weighted by atomic mass is 10.0. The molecule has 1 aliphatic carbocycles. The van der Waals surface area contributed by atoms with Crippen molar-refractivity contribution in [2.45, 2.75) is 24.5 Å². The Morgan fingerprint density at radius 3 is 2.58 bits per heavy atom. The summed E-state index contributed by atoms with van der Waals surface area (Å²) in [6.07, 6.45) is 6.44. The van der Waals surface area contributed by atoms with Crippen molar-refractivity contribution in [1.29, 1.82) is 0 Å². The minimum Gasteiger partial charge on any atom is -0.420 e. The number of pyridine rings is 1. The lowest BCUT2D eigenvalue weighted by Gasteiger charge is -2.12. The molecule has 4 aromatic rings. The average molecular weight is 473 g/mol. The van der Waals surface area contributed by atoms with E-state index in [1.807, 2.05) is 4.57 Å². The van der Waals surface area contributed by atoms with Crippen LogP contribution in [0.4, 0.5) is 18.9 Å². The highest BCUT2D eigenvalue weighted by molar-refractivity contribution is 6.20. The Morgan fingerprint density at radius 2 is 1.91 bits per heavy atom. The molecule has 1 fully saturated rings. The van der Waals surface area contributed by atoms with Gasteiger partial charge in [0.1, 0.15) is 11.6 Å². The van der Waals surface area contributed by atoms with Gasteiger partial charge in [-0.2, -0.15) is 0 Å². The number of nitrogens with one attached hydrogen (secondary N) is 1. The van der Waals surface area contributed by atoms with Crippen LogP contribution in [0, 0.1) is 5.82 Å². The standard InChI is InChI=1S/C23H16ClF3N4O2/c24-23(26,27)33-18-5-1-16(2-6-18)30-22(32)13-8-19(14-7-15(25)11-28-10-14)21-20(9-13)29-12-31(21)17-3-4-17/h1-2,5-12,17H,3-4H2,(H,30,32). The molecule has 0 spiro atoms. The van der Waals surface area contributed by atoms with Crippen molar-refractivity contribution in [3.63, 3.8) is 0 Å². The molecule has 10 heteroatoms. The van der Waals surface area contributed by atoms with Gasteiger partial charge in [0.05, 0.1) is 23.6 Å². The molecular weight excluding hydrogens is 457 g/mol. The van der Waals surface area contributed by atoms with Crippen LogP contribution < -0.4 is 10.1 Å². The molecule has 2 aromatic carbocycles. The molecular formula is C23H16ClF3N4O2. The molecule has 2 heterocycles. The van der Waals surface area contributed by atoms with Crippen molar-refractivity contribution >= 4 is 34.2 Å². The third-order valence-electron chi connectivity index (χ3n) is 5.23. The fourth-order valence-electron chi connectivity index (χ4n) is 3.65. The molecule has 0 aliphatic heterocycles. The van der Waals surface area contributed by atoms with Gasteiger partial charge in [-0.15, -0.1) is 8.78 Å². The Morgan fingerprint density at radius 1 is 1.15 bits per heavy atom. The molecule has 0 saturated heterocycles. The number of rotatable bonds is 6. The van der Waals surface area contributed by atoms with Crippen LogP contribution in [0.15, 0.2) is 61.2 Å². The first-order valence-electron chi connectivity index (χ1n) is 10.1. The third-order valence-corrected chi connectivity index (χ3v) is 5.31. The summed E-state index contributed by atoms with van der Waals surface area (Å²) in [7, 11) is 0. The van der Waals surface area contributed by atoms with Gasteiger partial charge in [-0.3, -0.25) is 9.78 Å². The molecule has 2 aromatic heterocycles. The zero-order valence-electron chi connectivity index (χ0n) is 16.9. The second-order valence-electron chi connectivity index (χ2n) is 7.69. The van der Waals surface area contributed by atoms with Gasteiger partial charge < -0.3 is 14.6 Å². The molecule has 0 atom stereocenters. The number of halogens is 4. The van der Waals surface area contributed by atoms with E-state index in [-0.39, 0.29) is 5.75 Å². The zero-order valence-corrected chi connectivity index (χ0v) is 17.7. The van der Waals surface area contributed by atoms with Gasteiger partial charge in [-0.05, 0) is 55.3 Å². The fourth-order valence-corrected chi connectivity index (χ4v) is 3.74. The smallest absolute Gasteiger partial charge is 0.420 e. The summed E-state index contributed by atoms with van der Waals surface area (Å²) in [6.45, 7) is 0. The number of ether oxygens (including phenoxy) is 1. The van der Waals surface area contributed by atoms with Gasteiger partial charge in [-0.25, -0.2) is 9.37 Å². The van der Waals surface area contributed by atoms with E-state index < -0.39 is 17.3 Å². The molecule has 5 rings (SSSR count). The van der Waals surface area contributed by atoms with Crippen LogP contribution in [0.5, 0.6) is 5.75 Å². The molecule has 1 N–H and O–H groups in total.